The quantitative estimate of drug-likeness (QED) is 0.675. The third-order valence-electron chi connectivity index (χ3n) is 3.83. The van der Waals surface area contributed by atoms with Gasteiger partial charge in [0.2, 0.25) is 0 Å². The summed E-state index contributed by atoms with van der Waals surface area (Å²) >= 11 is 1.42. The molecule has 1 amide bonds. The third kappa shape index (κ3) is 3.89. The fourth-order valence-corrected chi connectivity index (χ4v) is 3.48. The fourth-order valence-electron chi connectivity index (χ4n) is 2.43. The Morgan fingerprint density at radius 2 is 1.88 bits per heavy atom. The summed E-state index contributed by atoms with van der Waals surface area (Å²) in [5, 5.41) is 9.61. The van der Waals surface area contributed by atoms with Gasteiger partial charge in [0.1, 0.15) is 0 Å². The van der Waals surface area contributed by atoms with Crippen LogP contribution in [0.4, 0.5) is 5.13 Å². The van der Waals surface area contributed by atoms with Crippen molar-refractivity contribution in [3.63, 3.8) is 0 Å². The summed E-state index contributed by atoms with van der Waals surface area (Å²) in [5.41, 5.74) is 1.86. The molecule has 0 unspecified atom stereocenters. The molecule has 0 aliphatic heterocycles. The van der Waals surface area contributed by atoms with Crippen molar-refractivity contribution in [2.45, 2.75) is 13.5 Å². The molecular weight excluding hydrogens is 352 g/mol. The molecule has 0 radical (unpaired) electrons. The molecule has 0 aliphatic carbocycles. The Morgan fingerprint density at radius 1 is 1.15 bits per heavy atom. The van der Waals surface area contributed by atoms with E-state index in [1.54, 1.807) is 24.3 Å². The number of fused-ring (bicyclic) bond motifs is 1. The second kappa shape index (κ2) is 8.07. The molecule has 0 fully saturated rings. The molecule has 0 aliphatic rings. The lowest BCUT2D eigenvalue weighted by molar-refractivity contribution is -0.121. The number of anilines is 1. The molecule has 26 heavy (non-hydrogen) atoms. The average molecular weight is 370 g/mol. The van der Waals surface area contributed by atoms with Crippen molar-refractivity contribution in [2.75, 3.05) is 18.1 Å². The van der Waals surface area contributed by atoms with Gasteiger partial charge in [-0.1, -0.05) is 35.6 Å². The molecule has 0 spiro atoms. The Kier molecular flexibility index (Phi) is 5.60. The maximum atomic E-state index is 12.5. The highest BCUT2D eigenvalue weighted by molar-refractivity contribution is 7.22. The summed E-state index contributed by atoms with van der Waals surface area (Å²) in [6, 6.07) is 14.1. The molecule has 0 saturated carbocycles. The molecule has 1 N–H and O–H groups in total. The molecular formula is C19H18N2O4S. The van der Waals surface area contributed by atoms with Crippen LogP contribution in [-0.2, 0) is 16.1 Å². The standard InChI is InChI=1S/C19H18N2O4S/c1-2-21(19-20-15-5-3-4-6-16(15)26-19)17(23)12-25-18(24)14-9-7-13(11-22)8-10-14/h3-10,22H,2,11-12H2,1H3. The van der Waals surface area contributed by atoms with Crippen LogP contribution in [0.15, 0.2) is 48.5 Å². The summed E-state index contributed by atoms with van der Waals surface area (Å²) in [4.78, 5) is 30.5. The molecule has 0 bridgehead atoms. The number of para-hydroxylation sites is 1. The zero-order valence-electron chi connectivity index (χ0n) is 14.2. The maximum Gasteiger partial charge on any atom is 0.338 e. The summed E-state index contributed by atoms with van der Waals surface area (Å²) in [5.74, 6) is -0.907. The predicted octanol–water partition coefficient (Wildman–Crippen LogP) is 3.00. The van der Waals surface area contributed by atoms with Gasteiger partial charge < -0.3 is 9.84 Å². The van der Waals surface area contributed by atoms with Crippen molar-refractivity contribution in [3.8, 4) is 0 Å². The number of rotatable bonds is 6. The summed E-state index contributed by atoms with van der Waals surface area (Å²) < 4.78 is 6.12. The van der Waals surface area contributed by atoms with Gasteiger partial charge in [0.05, 0.1) is 22.4 Å². The van der Waals surface area contributed by atoms with Crippen LogP contribution in [0.5, 0.6) is 0 Å². The van der Waals surface area contributed by atoms with Crippen molar-refractivity contribution < 1.29 is 19.4 Å². The first-order chi connectivity index (χ1) is 12.6. The van der Waals surface area contributed by atoms with E-state index < -0.39 is 5.97 Å². The number of aromatic nitrogens is 1. The Hall–Kier alpha value is -2.77. The van der Waals surface area contributed by atoms with Gasteiger partial charge in [0.15, 0.2) is 11.7 Å². The van der Waals surface area contributed by atoms with Crippen molar-refractivity contribution in [1.29, 1.82) is 0 Å². The van der Waals surface area contributed by atoms with E-state index in [2.05, 4.69) is 4.98 Å². The largest absolute Gasteiger partial charge is 0.452 e. The number of benzene rings is 2. The molecule has 6 nitrogen and oxygen atoms in total. The number of carbonyl (C=O) groups excluding carboxylic acids is 2. The average Bonchev–Trinajstić information content (AvgIpc) is 3.10. The zero-order chi connectivity index (χ0) is 18.5. The van der Waals surface area contributed by atoms with Crippen molar-refractivity contribution >= 4 is 38.6 Å². The number of ether oxygens (including phenoxy) is 1. The Bertz CT molecular complexity index is 888. The Balaban J connectivity index is 1.66. The van der Waals surface area contributed by atoms with Crippen LogP contribution in [0.2, 0.25) is 0 Å². The van der Waals surface area contributed by atoms with Crippen LogP contribution in [-0.4, -0.2) is 35.1 Å². The number of amides is 1. The van der Waals surface area contributed by atoms with Gasteiger partial charge in [0, 0.05) is 6.54 Å². The summed E-state index contributed by atoms with van der Waals surface area (Å²) in [6.07, 6.45) is 0. The number of thiazole rings is 1. The number of hydrogen-bond donors (Lipinski definition) is 1. The van der Waals surface area contributed by atoms with Crippen LogP contribution in [0.1, 0.15) is 22.8 Å². The lowest BCUT2D eigenvalue weighted by Gasteiger charge is -2.17. The monoisotopic (exact) mass is 370 g/mol. The molecule has 3 aromatic rings. The highest BCUT2D eigenvalue weighted by Gasteiger charge is 2.20. The van der Waals surface area contributed by atoms with Crippen molar-refractivity contribution in [3.05, 3.63) is 59.7 Å². The van der Waals surface area contributed by atoms with Crippen LogP contribution in [0.25, 0.3) is 10.2 Å². The second-order valence-electron chi connectivity index (χ2n) is 5.53. The van der Waals surface area contributed by atoms with E-state index in [4.69, 9.17) is 9.84 Å². The summed E-state index contributed by atoms with van der Waals surface area (Å²) in [7, 11) is 0. The summed E-state index contributed by atoms with van der Waals surface area (Å²) in [6.45, 7) is 1.83. The number of esters is 1. The van der Waals surface area contributed by atoms with E-state index in [0.717, 1.165) is 10.2 Å². The Morgan fingerprint density at radius 3 is 2.54 bits per heavy atom. The van der Waals surface area contributed by atoms with E-state index in [1.165, 1.54) is 16.2 Å². The third-order valence-corrected chi connectivity index (χ3v) is 4.89. The maximum absolute atomic E-state index is 12.5. The van der Waals surface area contributed by atoms with Gasteiger partial charge in [-0.15, -0.1) is 0 Å². The number of likely N-dealkylation sites (N-methyl/N-ethyl adjacent to an activating group) is 1. The van der Waals surface area contributed by atoms with Crippen LogP contribution >= 0.6 is 11.3 Å². The molecule has 1 heterocycles. The minimum Gasteiger partial charge on any atom is -0.452 e. The van der Waals surface area contributed by atoms with Gasteiger partial charge in [-0.25, -0.2) is 9.78 Å². The molecule has 3 rings (SSSR count). The minimum atomic E-state index is -0.580. The van der Waals surface area contributed by atoms with Gasteiger partial charge in [-0.3, -0.25) is 9.69 Å². The van der Waals surface area contributed by atoms with Gasteiger partial charge in [-0.2, -0.15) is 0 Å². The number of aliphatic hydroxyl groups excluding tert-OH is 1. The molecule has 7 heteroatoms. The first-order valence-electron chi connectivity index (χ1n) is 8.15. The topological polar surface area (TPSA) is 79.7 Å². The van der Waals surface area contributed by atoms with Crippen LogP contribution in [0, 0.1) is 0 Å². The normalized spacial score (nSPS) is 10.7. The van der Waals surface area contributed by atoms with E-state index in [9.17, 15) is 9.59 Å². The molecule has 0 saturated heterocycles. The van der Waals surface area contributed by atoms with E-state index in [-0.39, 0.29) is 19.1 Å². The highest BCUT2D eigenvalue weighted by Crippen LogP contribution is 2.28. The predicted molar refractivity (Wildman–Crippen MR) is 100 cm³/mol. The minimum absolute atomic E-state index is 0.0958. The number of nitrogens with zero attached hydrogens (tertiary/aromatic N) is 2. The van der Waals surface area contributed by atoms with Crippen LogP contribution in [0.3, 0.4) is 0 Å². The van der Waals surface area contributed by atoms with Crippen LogP contribution < -0.4 is 4.90 Å². The number of hydrogen-bond acceptors (Lipinski definition) is 6. The SMILES string of the molecule is CCN(C(=O)COC(=O)c1ccc(CO)cc1)c1nc2ccccc2s1. The van der Waals surface area contributed by atoms with Gasteiger partial charge >= 0.3 is 5.97 Å². The molecule has 0 atom stereocenters. The van der Waals surface area contributed by atoms with E-state index >= 15 is 0 Å². The molecule has 1 aromatic heterocycles. The van der Waals surface area contributed by atoms with E-state index in [0.29, 0.717) is 22.8 Å². The first kappa shape index (κ1) is 18.0. The smallest absolute Gasteiger partial charge is 0.338 e. The highest BCUT2D eigenvalue weighted by atomic mass is 32.1. The van der Waals surface area contributed by atoms with Crippen molar-refractivity contribution in [1.82, 2.24) is 4.98 Å². The number of carbonyl (C=O) groups is 2. The Labute approximate surface area is 154 Å². The lowest BCUT2D eigenvalue weighted by atomic mass is 10.1. The van der Waals surface area contributed by atoms with Crippen molar-refractivity contribution in [2.24, 2.45) is 0 Å². The first-order valence-corrected chi connectivity index (χ1v) is 8.97. The molecule has 134 valence electrons. The van der Waals surface area contributed by atoms with Gasteiger partial charge in [0.25, 0.3) is 5.91 Å². The van der Waals surface area contributed by atoms with E-state index in [1.807, 2.05) is 31.2 Å². The zero-order valence-corrected chi connectivity index (χ0v) is 15.0. The fraction of sp³-hybridized carbons (Fsp3) is 0.211. The lowest BCUT2D eigenvalue weighted by Crippen LogP contribution is -2.34. The number of aliphatic hydroxyl groups is 1. The second-order valence-corrected chi connectivity index (χ2v) is 6.54. The molecule has 2 aromatic carbocycles. The van der Waals surface area contributed by atoms with Gasteiger partial charge in [-0.05, 0) is 36.8 Å².